The van der Waals surface area contributed by atoms with Crippen molar-refractivity contribution in [3.8, 4) is 16.3 Å². The maximum atomic E-state index is 9.22. The van der Waals surface area contributed by atoms with Gasteiger partial charge in [0, 0.05) is 12.0 Å². The lowest BCUT2D eigenvalue weighted by Crippen LogP contribution is -1.83. The molecule has 1 aromatic carbocycles. The normalized spacial score (nSPS) is 10.6. The molecule has 0 aliphatic carbocycles. The number of unbranched alkanes of at least 4 members (excludes halogenated alkanes) is 2. The summed E-state index contributed by atoms with van der Waals surface area (Å²) < 4.78 is 0. The molecule has 1 aromatic heterocycles. The highest BCUT2D eigenvalue weighted by Crippen LogP contribution is 2.25. The molecule has 0 fully saturated rings. The smallest absolute Gasteiger partial charge is 0.147 e. The Bertz CT molecular complexity index is 465. The Balaban J connectivity index is 2.04. The monoisotopic (exact) mass is 248 g/mol. The number of hydrogen-bond donors (Lipinski definition) is 1. The van der Waals surface area contributed by atoms with Crippen LogP contribution in [-0.4, -0.2) is 15.3 Å². The molecule has 0 unspecified atom stereocenters. The molecule has 0 amide bonds. The van der Waals surface area contributed by atoms with Crippen molar-refractivity contribution in [2.75, 3.05) is 0 Å². The van der Waals surface area contributed by atoms with E-state index in [-0.39, 0.29) is 5.75 Å². The number of aromatic hydroxyl groups is 1. The number of aryl methyl sites for hydroxylation is 1. The van der Waals surface area contributed by atoms with Gasteiger partial charge in [-0.3, -0.25) is 0 Å². The number of phenols is 1. The van der Waals surface area contributed by atoms with Crippen molar-refractivity contribution in [3.63, 3.8) is 0 Å². The second kappa shape index (κ2) is 5.77. The fourth-order valence-electron chi connectivity index (χ4n) is 1.60. The van der Waals surface area contributed by atoms with Crippen LogP contribution in [0.1, 0.15) is 31.2 Å². The number of nitrogens with zero attached hydrogens (tertiary/aromatic N) is 2. The molecular weight excluding hydrogens is 232 g/mol. The van der Waals surface area contributed by atoms with Crippen LogP contribution in [0.5, 0.6) is 5.75 Å². The molecule has 17 heavy (non-hydrogen) atoms. The first-order chi connectivity index (χ1) is 8.29. The van der Waals surface area contributed by atoms with Gasteiger partial charge in [-0.05, 0) is 30.7 Å². The van der Waals surface area contributed by atoms with E-state index in [0.29, 0.717) is 0 Å². The van der Waals surface area contributed by atoms with Crippen molar-refractivity contribution < 1.29 is 5.11 Å². The van der Waals surface area contributed by atoms with E-state index in [9.17, 15) is 5.11 Å². The number of hydrogen-bond acceptors (Lipinski definition) is 4. The van der Waals surface area contributed by atoms with Gasteiger partial charge in [0.05, 0.1) is 0 Å². The standard InChI is InChI=1S/C13H16N2OS/c1-2-3-4-5-12-14-15-13(17-12)10-6-8-11(16)9-7-10/h6-9,16H,2-5H2,1H3. The van der Waals surface area contributed by atoms with Crippen LogP contribution in [0.4, 0.5) is 0 Å². The first-order valence-electron chi connectivity index (χ1n) is 5.91. The maximum absolute atomic E-state index is 9.22. The molecule has 0 spiro atoms. The van der Waals surface area contributed by atoms with E-state index in [2.05, 4.69) is 17.1 Å². The summed E-state index contributed by atoms with van der Waals surface area (Å²) in [6.45, 7) is 2.20. The average molecular weight is 248 g/mol. The highest BCUT2D eigenvalue weighted by atomic mass is 32.1. The van der Waals surface area contributed by atoms with Gasteiger partial charge < -0.3 is 5.11 Å². The highest BCUT2D eigenvalue weighted by molar-refractivity contribution is 7.14. The number of aromatic nitrogens is 2. The summed E-state index contributed by atoms with van der Waals surface area (Å²) in [5, 5.41) is 19.6. The predicted molar refractivity (Wildman–Crippen MR) is 70.2 cm³/mol. The summed E-state index contributed by atoms with van der Waals surface area (Å²) in [4.78, 5) is 0. The van der Waals surface area contributed by atoms with Crippen LogP contribution in [0.3, 0.4) is 0 Å². The van der Waals surface area contributed by atoms with Crippen molar-refractivity contribution in [2.24, 2.45) is 0 Å². The Morgan fingerprint density at radius 3 is 2.59 bits per heavy atom. The average Bonchev–Trinajstić information content (AvgIpc) is 2.79. The Morgan fingerprint density at radius 1 is 1.12 bits per heavy atom. The quantitative estimate of drug-likeness (QED) is 0.822. The zero-order chi connectivity index (χ0) is 12.1. The molecule has 2 rings (SSSR count). The molecule has 1 heterocycles. The van der Waals surface area contributed by atoms with Crippen LogP contribution in [0.15, 0.2) is 24.3 Å². The Morgan fingerprint density at radius 2 is 1.88 bits per heavy atom. The lowest BCUT2D eigenvalue weighted by molar-refractivity contribution is 0.475. The van der Waals surface area contributed by atoms with Crippen LogP contribution >= 0.6 is 11.3 Å². The van der Waals surface area contributed by atoms with E-state index in [4.69, 9.17) is 0 Å². The third kappa shape index (κ3) is 3.27. The second-order valence-electron chi connectivity index (χ2n) is 4.00. The molecular formula is C13H16N2OS. The summed E-state index contributed by atoms with van der Waals surface area (Å²) >= 11 is 1.64. The van der Waals surface area contributed by atoms with Gasteiger partial charge in [0.25, 0.3) is 0 Å². The van der Waals surface area contributed by atoms with Crippen LogP contribution < -0.4 is 0 Å². The molecule has 4 heteroatoms. The molecule has 3 nitrogen and oxygen atoms in total. The van der Waals surface area contributed by atoms with Gasteiger partial charge >= 0.3 is 0 Å². The minimum Gasteiger partial charge on any atom is -0.508 e. The molecule has 0 saturated heterocycles. The fraction of sp³-hybridized carbons (Fsp3) is 0.385. The zero-order valence-electron chi connectivity index (χ0n) is 9.89. The van der Waals surface area contributed by atoms with Crippen molar-refractivity contribution in [2.45, 2.75) is 32.6 Å². The van der Waals surface area contributed by atoms with Crippen molar-refractivity contribution >= 4 is 11.3 Å². The second-order valence-corrected chi connectivity index (χ2v) is 5.07. The third-order valence-corrected chi connectivity index (χ3v) is 3.61. The van der Waals surface area contributed by atoms with Gasteiger partial charge in [-0.1, -0.05) is 31.1 Å². The summed E-state index contributed by atoms with van der Waals surface area (Å²) in [5.74, 6) is 0.279. The Labute approximate surface area is 105 Å². The summed E-state index contributed by atoms with van der Waals surface area (Å²) in [5.41, 5.74) is 1.02. The number of rotatable bonds is 5. The summed E-state index contributed by atoms with van der Waals surface area (Å²) in [7, 11) is 0. The highest BCUT2D eigenvalue weighted by Gasteiger charge is 2.06. The molecule has 0 bridgehead atoms. The lowest BCUT2D eigenvalue weighted by atomic mass is 10.2. The van der Waals surface area contributed by atoms with E-state index in [1.807, 2.05) is 12.1 Å². The van der Waals surface area contributed by atoms with Gasteiger partial charge in [-0.2, -0.15) is 0 Å². The molecule has 2 aromatic rings. The Kier molecular flexibility index (Phi) is 4.09. The molecule has 0 atom stereocenters. The van der Waals surface area contributed by atoms with Gasteiger partial charge in [0.15, 0.2) is 0 Å². The number of benzene rings is 1. The van der Waals surface area contributed by atoms with Crippen molar-refractivity contribution in [3.05, 3.63) is 29.3 Å². The maximum Gasteiger partial charge on any atom is 0.147 e. The van der Waals surface area contributed by atoms with Crippen LogP contribution in [0.25, 0.3) is 10.6 Å². The molecule has 0 radical (unpaired) electrons. The zero-order valence-corrected chi connectivity index (χ0v) is 10.7. The lowest BCUT2D eigenvalue weighted by Gasteiger charge is -1.95. The van der Waals surface area contributed by atoms with Crippen molar-refractivity contribution in [1.82, 2.24) is 10.2 Å². The van der Waals surface area contributed by atoms with E-state index < -0.39 is 0 Å². The molecule has 90 valence electrons. The molecule has 1 N–H and O–H groups in total. The third-order valence-electron chi connectivity index (χ3n) is 2.58. The summed E-state index contributed by atoms with van der Waals surface area (Å²) in [6.07, 6.45) is 4.67. The van der Waals surface area contributed by atoms with Gasteiger partial charge in [-0.25, -0.2) is 0 Å². The van der Waals surface area contributed by atoms with E-state index >= 15 is 0 Å². The van der Waals surface area contributed by atoms with Gasteiger partial charge in [-0.15, -0.1) is 10.2 Å². The summed E-state index contributed by atoms with van der Waals surface area (Å²) in [6, 6.07) is 7.08. The molecule has 0 saturated carbocycles. The van der Waals surface area contributed by atoms with E-state index in [1.165, 1.54) is 19.3 Å². The SMILES string of the molecule is CCCCCc1nnc(-c2ccc(O)cc2)s1. The fourth-order valence-corrected chi connectivity index (χ4v) is 2.49. The van der Waals surface area contributed by atoms with E-state index in [1.54, 1.807) is 23.5 Å². The minimum atomic E-state index is 0.279. The predicted octanol–water partition coefficient (Wildman–Crippen LogP) is 3.64. The van der Waals surface area contributed by atoms with Crippen LogP contribution in [0, 0.1) is 0 Å². The Hall–Kier alpha value is -1.42. The number of phenolic OH excluding ortho intramolecular Hbond substituents is 1. The van der Waals surface area contributed by atoms with Gasteiger partial charge in [0.2, 0.25) is 0 Å². The van der Waals surface area contributed by atoms with Crippen molar-refractivity contribution in [1.29, 1.82) is 0 Å². The van der Waals surface area contributed by atoms with Crippen LogP contribution in [-0.2, 0) is 6.42 Å². The van der Waals surface area contributed by atoms with Crippen LogP contribution in [0.2, 0.25) is 0 Å². The topological polar surface area (TPSA) is 46.0 Å². The first-order valence-corrected chi connectivity index (χ1v) is 6.73. The van der Waals surface area contributed by atoms with E-state index in [0.717, 1.165) is 22.0 Å². The minimum absolute atomic E-state index is 0.279. The molecule has 0 aliphatic heterocycles. The first kappa shape index (κ1) is 12.0. The largest absolute Gasteiger partial charge is 0.508 e. The molecule has 0 aliphatic rings. The van der Waals surface area contributed by atoms with Gasteiger partial charge in [0.1, 0.15) is 15.8 Å².